The van der Waals surface area contributed by atoms with Gasteiger partial charge in [0.05, 0.1) is 31.3 Å². The van der Waals surface area contributed by atoms with Gasteiger partial charge >= 0.3 is 17.9 Å². The summed E-state index contributed by atoms with van der Waals surface area (Å²) in [6.45, 7) is 2.58. The number of hydrogen-bond acceptors (Lipinski definition) is 20. The summed E-state index contributed by atoms with van der Waals surface area (Å²) in [5, 5.41) is 91.2. The fourth-order valence-electron chi connectivity index (χ4n) is 8.35. The van der Waals surface area contributed by atoms with Gasteiger partial charge in [-0.05, 0) is 69.2 Å². The molecule has 2 unspecified atom stereocenters. The van der Waals surface area contributed by atoms with Gasteiger partial charge in [-0.15, -0.1) is 0 Å². The van der Waals surface area contributed by atoms with Crippen LogP contribution in [0.2, 0.25) is 0 Å². The lowest BCUT2D eigenvalue weighted by atomic mass is 10.0. The van der Waals surface area contributed by atoms with E-state index in [1.807, 2.05) is 24.4 Å². The Bertz CT molecular complexity index is 2900. The fraction of sp³-hybridized carbons (Fsp3) is 0.509. The van der Waals surface area contributed by atoms with Crippen molar-refractivity contribution < 1.29 is 98.1 Å². The van der Waals surface area contributed by atoms with Crippen LogP contribution in [0, 0.1) is 0 Å². The monoisotopic (exact) mass is 1320 g/mol. The van der Waals surface area contributed by atoms with Crippen molar-refractivity contribution in [3.8, 4) is 5.75 Å². The molecule has 0 aromatic heterocycles. The second-order valence-electron chi connectivity index (χ2n) is 21.0. The molecule has 2 aromatic carbocycles. The number of nitrogens with two attached hydrogens (primary N) is 4. The molecule has 0 spiro atoms. The Morgan fingerprint density at radius 1 is 0.533 bits per heavy atom. The number of amides is 10. The third-order valence-corrected chi connectivity index (χ3v) is 14.3. The zero-order chi connectivity index (χ0) is 69.2. The molecule has 0 radical (unpaired) electrons. The first kappa shape index (κ1) is 78.6. The first-order valence-corrected chi connectivity index (χ1v) is 30.0. The summed E-state index contributed by atoms with van der Waals surface area (Å²) < 4.78 is 0. The van der Waals surface area contributed by atoms with Crippen molar-refractivity contribution in [2.45, 2.75) is 158 Å². The van der Waals surface area contributed by atoms with Crippen LogP contribution in [-0.2, 0) is 75.2 Å². The number of nitrogens with zero attached hydrogens (tertiary/aromatic N) is 1. The average Bonchev–Trinajstić information content (AvgIpc) is 0.931. The quantitative estimate of drug-likeness (QED) is 0.0127. The second kappa shape index (κ2) is 41.0. The average molecular weight is 1320 g/mol. The van der Waals surface area contributed by atoms with Gasteiger partial charge in [0, 0.05) is 43.7 Å². The van der Waals surface area contributed by atoms with E-state index in [1.165, 1.54) is 36.0 Å². The number of phenols is 1. The lowest BCUT2D eigenvalue weighted by Gasteiger charge is -2.29. The van der Waals surface area contributed by atoms with Crippen LogP contribution >= 0.6 is 11.8 Å². The Morgan fingerprint density at radius 2 is 0.978 bits per heavy atom. The number of thioether (sulfide) groups is 1. The highest BCUT2D eigenvalue weighted by Crippen LogP contribution is 2.14. The van der Waals surface area contributed by atoms with E-state index in [9.17, 15) is 98.1 Å². The van der Waals surface area contributed by atoms with Crippen LogP contribution in [0.4, 0.5) is 0 Å². The van der Waals surface area contributed by atoms with E-state index in [1.54, 1.807) is 30.3 Å². The molecule has 0 heterocycles. The largest absolute Gasteiger partial charge is 0.508 e. The van der Waals surface area contributed by atoms with Crippen molar-refractivity contribution in [1.82, 2.24) is 47.9 Å². The molecule has 0 aliphatic heterocycles. The van der Waals surface area contributed by atoms with Crippen molar-refractivity contribution in [1.29, 1.82) is 0 Å². The zero-order valence-corrected chi connectivity index (χ0v) is 51.6. The van der Waals surface area contributed by atoms with E-state index >= 15 is 0 Å². The van der Waals surface area contributed by atoms with Gasteiger partial charge in [-0.3, -0.25) is 62.5 Å². The Kier molecular flexibility index (Phi) is 35.1. The van der Waals surface area contributed by atoms with Gasteiger partial charge in [-0.2, -0.15) is 11.8 Å². The number of guanidine groups is 1. The molecule has 0 aliphatic rings. The predicted molar refractivity (Wildman–Crippen MR) is 330 cm³/mol. The third kappa shape index (κ3) is 29.9. The van der Waals surface area contributed by atoms with E-state index in [2.05, 4.69) is 47.5 Å². The van der Waals surface area contributed by atoms with Crippen LogP contribution in [-0.4, -0.2) is 216 Å². The lowest BCUT2D eigenvalue weighted by molar-refractivity contribution is -0.142. The number of nitrogens with one attached hydrogen (secondary N) is 9. The molecule has 0 saturated carbocycles. The Labute approximate surface area is 532 Å². The molecule has 0 bridgehead atoms. The number of phenolic OH excluding ortho intramolecular Hbond substituents is 1. The van der Waals surface area contributed by atoms with Crippen LogP contribution in [0.3, 0.4) is 0 Å². The minimum Gasteiger partial charge on any atom is -0.508 e. The van der Waals surface area contributed by atoms with E-state index in [4.69, 9.17) is 22.9 Å². The molecule has 34 nitrogen and oxygen atoms in total. The molecule has 10 amide bonds. The SMILES string of the molecule is CCC=CCSC[C@H](N)C(=O)N[C@@H](CCC(N)=O)C(=O)N[C@@H](CC(=O)O)C(=O)N[C@@H](CO)C(=O)N[C@@H](CCC(=O)O)C(=O)N[C@H](C(=O)N[C@@H](CCCN=C(N)N)C(=O)N[C@H](C(=O)N[C@@H](Cc1ccccc1)C(=O)N[C@@H](Cc1ccc(O)cc1)C(=O)O)C(C)O)C(C)O. The highest BCUT2D eigenvalue weighted by molar-refractivity contribution is 7.99. The minimum atomic E-state index is -2.09. The number of aliphatic hydroxyl groups is 3. The molecular weight excluding hydrogens is 1230 g/mol. The molecule has 0 fully saturated rings. The summed E-state index contributed by atoms with van der Waals surface area (Å²) in [6.07, 6.45) is -3.76. The van der Waals surface area contributed by atoms with Crippen molar-refractivity contribution in [2.75, 3.05) is 24.7 Å². The van der Waals surface area contributed by atoms with Gasteiger partial charge in [0.25, 0.3) is 0 Å². The molecule has 35 heteroatoms. The molecule has 0 saturated heterocycles. The van der Waals surface area contributed by atoms with Crippen LogP contribution in [0.25, 0.3) is 0 Å². The summed E-state index contributed by atoms with van der Waals surface area (Å²) in [4.78, 5) is 176. The number of carbonyl (C=O) groups excluding carboxylic acids is 10. The molecule has 12 atom stereocenters. The van der Waals surface area contributed by atoms with E-state index in [0.29, 0.717) is 16.9 Å². The highest BCUT2D eigenvalue weighted by Gasteiger charge is 2.38. The van der Waals surface area contributed by atoms with Crippen molar-refractivity contribution in [2.24, 2.45) is 27.9 Å². The second-order valence-corrected chi connectivity index (χ2v) is 22.0. The number of benzene rings is 2. The van der Waals surface area contributed by atoms with Crippen molar-refractivity contribution in [3.63, 3.8) is 0 Å². The Morgan fingerprint density at radius 3 is 1.49 bits per heavy atom. The molecule has 92 heavy (non-hydrogen) atoms. The standard InChI is InChI=1S/C57H84N14O20S/c1-4-5-9-23-92-28-34(58)47(81)63-36(18-20-42(59)76)48(82)66-39(26-44(79)80)52(86)69-41(27-72)53(87)64-37(19-21-43(77)78)50(84)71-45(29(2)73)54(88)65-35(13-10-22-62-57(60)61)49(83)70-46(30(3)74)55(89)67-38(24-31-11-7-6-8-12-31)51(85)68-40(56(90)91)25-32-14-16-33(75)17-15-32/h5-9,11-12,14-17,29-30,34-41,45-46,72-75H,4,10,13,18-28,58H2,1-3H3,(H2,59,76)(H,63,81)(H,64,87)(H,65,88)(H,66,82)(H,67,89)(H,68,85)(H,69,86)(H,70,83)(H,71,84)(H,77,78)(H,79,80)(H,90,91)(H4,60,61,62)/t29?,30?,34-,35-,36-,37-,38-,39-,40-,41-,45-,46-/m0/s1. The summed E-state index contributed by atoms with van der Waals surface area (Å²) in [7, 11) is 0. The summed E-state index contributed by atoms with van der Waals surface area (Å²) in [6, 6.07) is -4.12. The number of carboxylic acids is 3. The summed E-state index contributed by atoms with van der Waals surface area (Å²) in [5.41, 5.74) is 23.1. The molecule has 508 valence electrons. The lowest BCUT2D eigenvalue weighted by Crippen LogP contribution is -2.63. The van der Waals surface area contributed by atoms with Crippen LogP contribution in [0.5, 0.6) is 5.75 Å². The number of aliphatic imine (C=N–C) groups is 1. The van der Waals surface area contributed by atoms with Crippen LogP contribution in [0.1, 0.15) is 83.3 Å². The van der Waals surface area contributed by atoms with Crippen molar-refractivity contribution >= 4 is 94.7 Å². The molecule has 24 N–H and O–H groups in total. The number of rotatable bonds is 43. The fourth-order valence-corrected chi connectivity index (χ4v) is 9.17. The van der Waals surface area contributed by atoms with Gasteiger partial charge in [0.15, 0.2) is 5.96 Å². The van der Waals surface area contributed by atoms with Crippen LogP contribution < -0.4 is 70.8 Å². The molecular formula is C57H84N14O20S. The maximum Gasteiger partial charge on any atom is 0.326 e. The van der Waals surface area contributed by atoms with Gasteiger partial charge in [-0.25, -0.2) is 4.79 Å². The van der Waals surface area contributed by atoms with Crippen molar-refractivity contribution in [3.05, 3.63) is 77.9 Å². The maximum absolute atomic E-state index is 14.2. The normalized spacial score (nSPS) is 15.0. The van der Waals surface area contributed by atoms with E-state index in [0.717, 1.165) is 20.3 Å². The smallest absolute Gasteiger partial charge is 0.326 e. The van der Waals surface area contributed by atoms with Crippen LogP contribution in [0.15, 0.2) is 71.7 Å². The number of carboxylic acid groups (broad SMARTS) is 3. The number of carbonyl (C=O) groups is 13. The maximum atomic E-state index is 14.2. The molecule has 2 rings (SSSR count). The highest BCUT2D eigenvalue weighted by atomic mass is 32.2. The van der Waals surface area contributed by atoms with Gasteiger partial charge in [0.1, 0.15) is 60.1 Å². The first-order valence-electron chi connectivity index (χ1n) is 28.9. The zero-order valence-electron chi connectivity index (χ0n) is 50.8. The summed E-state index contributed by atoms with van der Waals surface area (Å²) in [5.74, 6) is -16.4. The number of aromatic hydroxyl groups is 1. The first-order chi connectivity index (χ1) is 43.4. The van der Waals surface area contributed by atoms with Gasteiger partial charge in [-0.1, -0.05) is 61.5 Å². The topological polar surface area (TPSA) is 588 Å². The number of aliphatic hydroxyl groups excluding tert-OH is 3. The number of hydrogen-bond donors (Lipinski definition) is 20. The molecule has 0 aliphatic carbocycles. The number of allylic oxidation sites excluding steroid dienone is 1. The predicted octanol–water partition coefficient (Wildman–Crippen LogP) is -5.94. The molecule has 2 aromatic rings. The number of primary amides is 1. The summed E-state index contributed by atoms with van der Waals surface area (Å²) >= 11 is 1.29. The van der Waals surface area contributed by atoms with E-state index < -0.39 is 188 Å². The Balaban J connectivity index is 2.42. The van der Waals surface area contributed by atoms with Gasteiger partial charge < -0.3 is 107 Å². The number of aliphatic carboxylic acids is 3. The minimum absolute atomic E-state index is 0.0843. The Hall–Kier alpha value is -9.45. The van der Waals surface area contributed by atoms with E-state index in [-0.39, 0.29) is 49.7 Å². The van der Waals surface area contributed by atoms with Gasteiger partial charge in [0.2, 0.25) is 59.1 Å². The third-order valence-electron chi connectivity index (χ3n) is 13.3.